The van der Waals surface area contributed by atoms with E-state index in [2.05, 4.69) is 17.2 Å². The molecule has 1 atom stereocenters. The van der Waals surface area contributed by atoms with Crippen LogP contribution in [0.1, 0.15) is 41.0 Å². The van der Waals surface area contributed by atoms with Crippen LogP contribution < -0.4 is 5.32 Å². The van der Waals surface area contributed by atoms with Crippen LogP contribution in [0.2, 0.25) is 0 Å². The summed E-state index contributed by atoms with van der Waals surface area (Å²) in [4.78, 5) is 25.8. The molecule has 1 spiro atoms. The third-order valence-electron chi connectivity index (χ3n) is 3.84. The molecule has 0 unspecified atom stereocenters. The van der Waals surface area contributed by atoms with E-state index in [1.165, 1.54) is 4.90 Å². The molecule has 2 saturated heterocycles. The summed E-state index contributed by atoms with van der Waals surface area (Å²) in [6.45, 7) is 9.35. The zero-order chi connectivity index (χ0) is 14.5. The number of rotatable bonds is 1. The fourth-order valence-electron chi connectivity index (χ4n) is 3.12. The average Bonchev–Trinajstić information content (AvgIpc) is 2.58. The van der Waals surface area contributed by atoms with Gasteiger partial charge in [0, 0.05) is 6.42 Å². The van der Waals surface area contributed by atoms with Crippen LogP contribution in [0.5, 0.6) is 0 Å². The number of nitrogens with zero attached hydrogens (tertiary/aromatic N) is 1. The molecule has 0 saturated carbocycles. The van der Waals surface area contributed by atoms with Gasteiger partial charge in [-0.3, -0.25) is 9.69 Å². The summed E-state index contributed by atoms with van der Waals surface area (Å²) >= 11 is 0. The Morgan fingerprint density at radius 3 is 2.42 bits per heavy atom. The molecule has 0 aromatic carbocycles. The van der Waals surface area contributed by atoms with Gasteiger partial charge in [-0.05, 0) is 34.6 Å². The van der Waals surface area contributed by atoms with Crippen molar-refractivity contribution in [3.05, 3.63) is 0 Å². The Balaban J connectivity index is 2.38. The number of urea groups is 1. The minimum absolute atomic E-state index is 0.124. The first-order valence-electron chi connectivity index (χ1n) is 6.39. The van der Waals surface area contributed by atoms with E-state index in [1.807, 2.05) is 27.7 Å². The smallest absolute Gasteiger partial charge is 0.325 e. The van der Waals surface area contributed by atoms with Gasteiger partial charge in [-0.15, -0.1) is 5.92 Å². The van der Waals surface area contributed by atoms with Gasteiger partial charge < -0.3 is 10.1 Å². The second-order valence-corrected chi connectivity index (χ2v) is 6.20. The number of amides is 3. The van der Waals surface area contributed by atoms with Gasteiger partial charge in [-0.25, -0.2) is 4.79 Å². The Kier molecular flexibility index (Phi) is 2.90. The first kappa shape index (κ1) is 13.9. The number of ether oxygens (including phenoxy) is 1. The van der Waals surface area contributed by atoms with Crippen molar-refractivity contribution in [1.82, 2.24) is 10.2 Å². The van der Waals surface area contributed by atoms with Gasteiger partial charge in [0.05, 0.1) is 17.7 Å². The number of carbonyl (C=O) groups is 2. The minimum Gasteiger partial charge on any atom is -0.367 e. The average molecular weight is 264 g/mol. The molecule has 1 N–H and O–H groups in total. The molecular weight excluding hydrogens is 244 g/mol. The molecule has 5 nitrogen and oxygen atoms in total. The summed E-state index contributed by atoms with van der Waals surface area (Å²) in [5, 5.41) is 2.83. The molecule has 0 radical (unpaired) electrons. The van der Waals surface area contributed by atoms with E-state index in [0.29, 0.717) is 6.42 Å². The largest absolute Gasteiger partial charge is 0.367 e. The lowest BCUT2D eigenvalue weighted by Crippen LogP contribution is -2.59. The molecule has 0 bridgehead atoms. The molecule has 2 fully saturated rings. The van der Waals surface area contributed by atoms with Gasteiger partial charge in [0.1, 0.15) is 0 Å². The highest BCUT2D eigenvalue weighted by molar-refractivity contribution is 6.08. The van der Waals surface area contributed by atoms with Gasteiger partial charge in [-0.1, -0.05) is 5.92 Å². The van der Waals surface area contributed by atoms with E-state index in [-0.39, 0.29) is 18.5 Å². The van der Waals surface area contributed by atoms with Gasteiger partial charge in [0.2, 0.25) is 0 Å². The number of hydrogen-bond acceptors (Lipinski definition) is 3. The monoisotopic (exact) mass is 264 g/mol. The van der Waals surface area contributed by atoms with Gasteiger partial charge >= 0.3 is 6.03 Å². The fraction of sp³-hybridized carbons (Fsp3) is 0.714. The lowest BCUT2D eigenvalue weighted by molar-refractivity contribution is -0.138. The summed E-state index contributed by atoms with van der Waals surface area (Å²) < 4.78 is 5.95. The lowest BCUT2D eigenvalue weighted by atomic mass is 9.79. The van der Waals surface area contributed by atoms with Gasteiger partial charge in [-0.2, -0.15) is 0 Å². The summed E-state index contributed by atoms with van der Waals surface area (Å²) in [6, 6.07) is -0.387. The Morgan fingerprint density at radius 2 is 1.95 bits per heavy atom. The molecule has 19 heavy (non-hydrogen) atoms. The summed E-state index contributed by atoms with van der Waals surface area (Å²) in [5.74, 6) is 5.22. The standard InChI is InChI=1S/C14H20N2O3/c1-6-7-8-16-10(17)14(15-11(16)18)9-12(2,3)19-13(14,4)5/h8-9H2,1-5H3,(H,15,18)/t14-/m0/s1. The topological polar surface area (TPSA) is 58.6 Å². The number of imide groups is 1. The zero-order valence-corrected chi connectivity index (χ0v) is 12.1. The van der Waals surface area contributed by atoms with E-state index in [0.717, 1.165) is 0 Å². The molecule has 2 heterocycles. The van der Waals surface area contributed by atoms with Crippen molar-refractivity contribution in [2.45, 2.75) is 57.8 Å². The number of hydrogen-bond donors (Lipinski definition) is 1. The molecule has 104 valence electrons. The first-order valence-corrected chi connectivity index (χ1v) is 6.39. The molecule has 3 amide bonds. The van der Waals surface area contributed by atoms with Crippen molar-refractivity contribution < 1.29 is 14.3 Å². The quantitative estimate of drug-likeness (QED) is 0.573. The highest BCUT2D eigenvalue weighted by atomic mass is 16.5. The summed E-state index contributed by atoms with van der Waals surface area (Å²) in [5.41, 5.74) is -2.17. The molecule has 0 aromatic rings. The fourth-order valence-corrected chi connectivity index (χ4v) is 3.12. The van der Waals surface area contributed by atoms with Crippen molar-refractivity contribution in [2.75, 3.05) is 6.54 Å². The van der Waals surface area contributed by atoms with Crippen molar-refractivity contribution in [1.29, 1.82) is 0 Å². The van der Waals surface area contributed by atoms with Crippen LogP contribution in [0.3, 0.4) is 0 Å². The van der Waals surface area contributed by atoms with Gasteiger partial charge in [0.25, 0.3) is 5.91 Å². The zero-order valence-electron chi connectivity index (χ0n) is 12.1. The SMILES string of the molecule is CC#CCN1C(=O)N[C@@]2(CC(C)(C)OC2(C)C)C1=O. The van der Waals surface area contributed by atoms with E-state index in [4.69, 9.17) is 4.74 Å². The van der Waals surface area contributed by atoms with E-state index >= 15 is 0 Å². The van der Waals surface area contributed by atoms with Crippen LogP contribution in [0.25, 0.3) is 0 Å². The van der Waals surface area contributed by atoms with Crippen LogP contribution in [0.4, 0.5) is 4.79 Å². The third kappa shape index (κ3) is 1.91. The van der Waals surface area contributed by atoms with Crippen LogP contribution >= 0.6 is 0 Å². The second kappa shape index (κ2) is 3.97. The third-order valence-corrected chi connectivity index (χ3v) is 3.84. The van der Waals surface area contributed by atoms with Crippen molar-refractivity contribution in [3.63, 3.8) is 0 Å². The highest BCUT2D eigenvalue weighted by Gasteiger charge is 2.67. The van der Waals surface area contributed by atoms with E-state index in [1.54, 1.807) is 6.92 Å². The Hall–Kier alpha value is -1.54. The van der Waals surface area contributed by atoms with Crippen molar-refractivity contribution >= 4 is 11.9 Å². The van der Waals surface area contributed by atoms with Crippen LogP contribution in [-0.4, -0.2) is 40.1 Å². The lowest BCUT2D eigenvalue weighted by Gasteiger charge is -2.33. The van der Waals surface area contributed by atoms with Crippen molar-refractivity contribution in [2.24, 2.45) is 0 Å². The van der Waals surface area contributed by atoms with Crippen LogP contribution in [0.15, 0.2) is 0 Å². The predicted octanol–water partition coefficient (Wildman–Crippen LogP) is 1.28. The molecule has 5 heteroatoms. The molecule has 2 aliphatic heterocycles. The maximum Gasteiger partial charge on any atom is 0.325 e. The predicted molar refractivity (Wildman–Crippen MR) is 70.3 cm³/mol. The maximum absolute atomic E-state index is 12.6. The Bertz CT molecular complexity index is 499. The second-order valence-electron chi connectivity index (χ2n) is 6.20. The van der Waals surface area contributed by atoms with Crippen molar-refractivity contribution in [3.8, 4) is 11.8 Å². The highest BCUT2D eigenvalue weighted by Crippen LogP contribution is 2.47. The van der Waals surface area contributed by atoms with E-state index < -0.39 is 16.7 Å². The normalized spacial score (nSPS) is 31.3. The Morgan fingerprint density at radius 1 is 1.32 bits per heavy atom. The number of carbonyl (C=O) groups excluding carboxylic acids is 2. The Labute approximate surface area is 113 Å². The van der Waals surface area contributed by atoms with Crippen LogP contribution in [-0.2, 0) is 9.53 Å². The van der Waals surface area contributed by atoms with Crippen LogP contribution in [0, 0.1) is 11.8 Å². The van der Waals surface area contributed by atoms with Gasteiger partial charge in [0.15, 0.2) is 5.54 Å². The number of nitrogens with one attached hydrogen (secondary N) is 1. The van der Waals surface area contributed by atoms with E-state index in [9.17, 15) is 9.59 Å². The molecule has 2 rings (SSSR count). The molecule has 2 aliphatic rings. The molecule has 0 aromatic heterocycles. The minimum atomic E-state index is -0.983. The molecule has 0 aliphatic carbocycles. The first-order chi connectivity index (χ1) is 8.65. The molecular formula is C14H20N2O3. The summed E-state index contributed by atoms with van der Waals surface area (Å²) in [6.07, 6.45) is 0.466. The maximum atomic E-state index is 12.6. The summed E-state index contributed by atoms with van der Waals surface area (Å²) in [7, 11) is 0.